The van der Waals surface area contributed by atoms with Crippen LogP contribution in [0.1, 0.15) is 5.56 Å². The molecule has 0 fully saturated rings. The lowest BCUT2D eigenvalue weighted by atomic mass is 10.1. The van der Waals surface area contributed by atoms with Crippen LogP contribution in [0.25, 0.3) is 32.8 Å². The standard InChI is InChI=1S/C23H18N2O5S/c26-23(27)20(11-14-13-24-19-7-3-1-5-16(14)19)25-31(28,29)15-9-10-22-18(12-15)17-6-2-4-8-21(17)30-22/h1-10,12-13,20,24-25H,11H2,(H,26,27)/t20-/m1/s1. The quantitative estimate of drug-likeness (QED) is 0.373. The molecule has 7 nitrogen and oxygen atoms in total. The maximum atomic E-state index is 13.0. The number of para-hydroxylation sites is 2. The molecule has 0 saturated carbocycles. The Morgan fingerprint density at radius 3 is 2.48 bits per heavy atom. The van der Waals surface area contributed by atoms with E-state index in [2.05, 4.69) is 9.71 Å². The Hall–Kier alpha value is -3.62. The number of carbonyl (C=O) groups is 1. The average molecular weight is 434 g/mol. The van der Waals surface area contributed by atoms with Crippen molar-refractivity contribution < 1.29 is 22.7 Å². The second-order valence-electron chi connectivity index (χ2n) is 7.33. The predicted octanol–water partition coefficient (Wildman–Crippen LogP) is 4.04. The maximum Gasteiger partial charge on any atom is 0.322 e. The van der Waals surface area contributed by atoms with Crippen molar-refractivity contribution in [1.29, 1.82) is 0 Å². The first-order valence-electron chi connectivity index (χ1n) is 9.64. The fourth-order valence-corrected chi connectivity index (χ4v) is 5.04. The molecular formula is C23H18N2O5S. The van der Waals surface area contributed by atoms with Gasteiger partial charge in [0.1, 0.15) is 17.2 Å². The van der Waals surface area contributed by atoms with Crippen molar-refractivity contribution in [2.24, 2.45) is 0 Å². The molecule has 8 heteroatoms. The molecule has 5 rings (SSSR count). The first kappa shape index (κ1) is 19.3. The number of H-pyrrole nitrogens is 1. The molecular weight excluding hydrogens is 416 g/mol. The monoisotopic (exact) mass is 434 g/mol. The predicted molar refractivity (Wildman–Crippen MR) is 117 cm³/mol. The molecule has 0 spiro atoms. The molecule has 0 aliphatic heterocycles. The Morgan fingerprint density at radius 2 is 1.68 bits per heavy atom. The third-order valence-corrected chi connectivity index (χ3v) is 6.82. The molecule has 0 aliphatic carbocycles. The molecule has 0 bridgehead atoms. The number of carboxylic acid groups (broad SMARTS) is 1. The van der Waals surface area contributed by atoms with Gasteiger partial charge in [-0.25, -0.2) is 8.42 Å². The van der Waals surface area contributed by atoms with E-state index >= 15 is 0 Å². The first-order valence-corrected chi connectivity index (χ1v) is 11.1. The molecule has 0 radical (unpaired) electrons. The minimum absolute atomic E-state index is 0.00939. The summed E-state index contributed by atoms with van der Waals surface area (Å²) in [7, 11) is -4.08. The molecule has 0 aliphatic rings. The molecule has 0 amide bonds. The second-order valence-corrected chi connectivity index (χ2v) is 9.05. The molecule has 3 N–H and O–H groups in total. The van der Waals surface area contributed by atoms with Gasteiger partial charge in [0.15, 0.2) is 0 Å². The zero-order chi connectivity index (χ0) is 21.6. The number of rotatable bonds is 6. The zero-order valence-corrected chi connectivity index (χ0v) is 17.0. The van der Waals surface area contributed by atoms with Crippen LogP contribution in [-0.4, -0.2) is 30.5 Å². The van der Waals surface area contributed by atoms with Crippen LogP contribution in [0.15, 0.2) is 82.2 Å². The van der Waals surface area contributed by atoms with Crippen molar-refractivity contribution >= 4 is 48.8 Å². The molecule has 0 unspecified atom stereocenters. The van der Waals surface area contributed by atoms with E-state index < -0.39 is 22.0 Å². The van der Waals surface area contributed by atoms with E-state index in [0.29, 0.717) is 16.6 Å². The lowest BCUT2D eigenvalue weighted by Crippen LogP contribution is -2.42. The summed E-state index contributed by atoms with van der Waals surface area (Å²) in [5.41, 5.74) is 2.81. The number of carboxylic acids is 1. The van der Waals surface area contributed by atoms with Gasteiger partial charge in [0.05, 0.1) is 4.90 Å². The van der Waals surface area contributed by atoms with Gasteiger partial charge in [-0.1, -0.05) is 36.4 Å². The SMILES string of the molecule is O=C(O)[C@@H](Cc1c[nH]c2ccccc12)NS(=O)(=O)c1ccc2oc3ccccc3c2c1. The third-order valence-electron chi connectivity index (χ3n) is 5.35. The van der Waals surface area contributed by atoms with Crippen molar-refractivity contribution in [1.82, 2.24) is 9.71 Å². The van der Waals surface area contributed by atoms with E-state index in [1.807, 2.05) is 48.5 Å². The van der Waals surface area contributed by atoms with Gasteiger partial charge in [0, 0.05) is 34.3 Å². The molecule has 1 atom stereocenters. The summed E-state index contributed by atoms with van der Waals surface area (Å²) < 4.78 is 34.1. The van der Waals surface area contributed by atoms with Crippen molar-refractivity contribution in [3.63, 3.8) is 0 Å². The number of aromatic nitrogens is 1. The van der Waals surface area contributed by atoms with E-state index in [9.17, 15) is 18.3 Å². The van der Waals surface area contributed by atoms with E-state index in [1.165, 1.54) is 12.1 Å². The van der Waals surface area contributed by atoms with Crippen molar-refractivity contribution in [2.45, 2.75) is 17.4 Å². The summed E-state index contributed by atoms with van der Waals surface area (Å²) in [4.78, 5) is 14.9. The number of hydrogen-bond donors (Lipinski definition) is 3. The van der Waals surface area contributed by atoms with Gasteiger partial charge in [-0.15, -0.1) is 0 Å². The minimum Gasteiger partial charge on any atom is -0.480 e. The number of aromatic amines is 1. The molecule has 3 aromatic carbocycles. The van der Waals surface area contributed by atoms with Crippen LogP contribution in [0, 0.1) is 0 Å². The number of sulfonamides is 1. The highest BCUT2D eigenvalue weighted by Crippen LogP contribution is 2.30. The summed E-state index contributed by atoms with van der Waals surface area (Å²) in [6.07, 6.45) is 1.72. The third kappa shape index (κ3) is 3.45. The Morgan fingerprint density at radius 1 is 0.968 bits per heavy atom. The summed E-state index contributed by atoms with van der Waals surface area (Å²) in [5, 5.41) is 12.0. The Kier molecular flexibility index (Phi) is 4.53. The number of hydrogen-bond acceptors (Lipinski definition) is 4. The highest BCUT2D eigenvalue weighted by atomic mass is 32.2. The van der Waals surface area contributed by atoms with Gasteiger partial charge < -0.3 is 14.5 Å². The lowest BCUT2D eigenvalue weighted by Gasteiger charge is -2.15. The van der Waals surface area contributed by atoms with Gasteiger partial charge in [-0.05, 0) is 35.9 Å². The maximum absolute atomic E-state index is 13.0. The lowest BCUT2D eigenvalue weighted by molar-refractivity contribution is -0.138. The number of benzene rings is 3. The van der Waals surface area contributed by atoms with Crippen LogP contribution in [-0.2, 0) is 21.2 Å². The second kappa shape index (κ2) is 7.26. The molecule has 5 aromatic rings. The van der Waals surface area contributed by atoms with Crippen LogP contribution in [0.3, 0.4) is 0 Å². The van der Waals surface area contributed by atoms with Crippen LogP contribution in [0.5, 0.6) is 0 Å². The van der Waals surface area contributed by atoms with Crippen LogP contribution >= 0.6 is 0 Å². The average Bonchev–Trinajstić information content (AvgIpc) is 3.34. The summed E-state index contributed by atoms with van der Waals surface area (Å²) >= 11 is 0. The summed E-state index contributed by atoms with van der Waals surface area (Å²) in [5.74, 6) is -1.25. The Labute approximate surface area is 177 Å². The van der Waals surface area contributed by atoms with Crippen LogP contribution < -0.4 is 4.72 Å². The van der Waals surface area contributed by atoms with E-state index in [1.54, 1.807) is 12.3 Å². The number of nitrogens with one attached hydrogen (secondary N) is 2. The van der Waals surface area contributed by atoms with Crippen molar-refractivity contribution in [3.8, 4) is 0 Å². The molecule has 156 valence electrons. The van der Waals surface area contributed by atoms with E-state index in [0.717, 1.165) is 21.9 Å². The highest BCUT2D eigenvalue weighted by molar-refractivity contribution is 7.89. The highest BCUT2D eigenvalue weighted by Gasteiger charge is 2.27. The number of aliphatic carboxylic acids is 1. The van der Waals surface area contributed by atoms with Gasteiger partial charge in [-0.3, -0.25) is 4.79 Å². The Bertz CT molecular complexity index is 1550. The summed E-state index contributed by atoms with van der Waals surface area (Å²) in [6.45, 7) is 0. The zero-order valence-electron chi connectivity index (χ0n) is 16.2. The number of fused-ring (bicyclic) bond motifs is 4. The van der Waals surface area contributed by atoms with Gasteiger partial charge in [-0.2, -0.15) is 4.72 Å². The first-order chi connectivity index (χ1) is 14.9. The fraction of sp³-hybridized carbons (Fsp3) is 0.0870. The van der Waals surface area contributed by atoms with Gasteiger partial charge in [0.25, 0.3) is 0 Å². The Balaban J connectivity index is 1.49. The normalized spacial score (nSPS) is 13.2. The van der Waals surface area contributed by atoms with Gasteiger partial charge >= 0.3 is 5.97 Å². The molecule has 31 heavy (non-hydrogen) atoms. The van der Waals surface area contributed by atoms with E-state index in [-0.39, 0.29) is 11.3 Å². The molecule has 0 saturated heterocycles. The van der Waals surface area contributed by atoms with Gasteiger partial charge in [0.2, 0.25) is 10.0 Å². The van der Waals surface area contributed by atoms with Crippen LogP contribution in [0.4, 0.5) is 0 Å². The molecule has 2 heterocycles. The number of furan rings is 1. The van der Waals surface area contributed by atoms with Crippen LogP contribution in [0.2, 0.25) is 0 Å². The smallest absolute Gasteiger partial charge is 0.322 e. The van der Waals surface area contributed by atoms with Crippen molar-refractivity contribution in [2.75, 3.05) is 0 Å². The molecule has 2 aromatic heterocycles. The van der Waals surface area contributed by atoms with E-state index in [4.69, 9.17) is 4.42 Å². The fourth-order valence-electron chi connectivity index (χ4n) is 3.83. The minimum atomic E-state index is -4.08. The topological polar surface area (TPSA) is 112 Å². The largest absolute Gasteiger partial charge is 0.480 e. The van der Waals surface area contributed by atoms with Crippen molar-refractivity contribution in [3.05, 3.63) is 78.5 Å². The summed E-state index contributed by atoms with van der Waals surface area (Å²) in [6, 6.07) is 18.0.